The van der Waals surface area contributed by atoms with E-state index in [0.29, 0.717) is 30.5 Å². The van der Waals surface area contributed by atoms with Crippen molar-refractivity contribution in [1.82, 2.24) is 20.1 Å². The molecule has 7 nitrogen and oxygen atoms in total. The molecule has 25 heavy (non-hydrogen) atoms. The number of nitrogens with zero attached hydrogens (tertiary/aromatic N) is 4. The van der Waals surface area contributed by atoms with Gasteiger partial charge in [-0.15, -0.1) is 0 Å². The Morgan fingerprint density at radius 2 is 2.12 bits per heavy atom. The standard InChI is InChI=1S/C18H26N6O/c19-13-15-5-3-7-20-17(15)21-8-9-22-18(25)24-12-4-6-16(14-24)23-10-1-2-11-23/h3,5,7,16H,1-2,4,6,8-12,14H2,(H,20,21)(H,22,25)/t16-/m0/s1. The molecule has 3 heterocycles. The second-order valence-electron chi connectivity index (χ2n) is 6.66. The molecule has 7 heteroatoms. The Morgan fingerprint density at radius 1 is 1.28 bits per heavy atom. The number of pyridine rings is 1. The maximum Gasteiger partial charge on any atom is 0.317 e. The van der Waals surface area contributed by atoms with E-state index in [1.54, 1.807) is 18.3 Å². The molecular weight excluding hydrogens is 316 g/mol. The van der Waals surface area contributed by atoms with Crippen LogP contribution in [0.15, 0.2) is 18.3 Å². The van der Waals surface area contributed by atoms with E-state index < -0.39 is 0 Å². The number of amides is 2. The van der Waals surface area contributed by atoms with Crippen LogP contribution in [0.1, 0.15) is 31.2 Å². The Labute approximate surface area is 149 Å². The van der Waals surface area contributed by atoms with Gasteiger partial charge in [0.1, 0.15) is 11.9 Å². The first-order valence-electron chi connectivity index (χ1n) is 9.14. The van der Waals surface area contributed by atoms with E-state index in [-0.39, 0.29) is 6.03 Å². The third kappa shape index (κ3) is 4.60. The number of carbonyl (C=O) groups excluding carboxylic acids is 1. The maximum absolute atomic E-state index is 12.4. The number of nitrogens with one attached hydrogen (secondary N) is 2. The van der Waals surface area contributed by atoms with E-state index in [9.17, 15) is 4.79 Å². The summed E-state index contributed by atoms with van der Waals surface area (Å²) < 4.78 is 0. The van der Waals surface area contributed by atoms with Crippen molar-refractivity contribution in [2.24, 2.45) is 0 Å². The summed E-state index contributed by atoms with van der Waals surface area (Å²) in [5, 5.41) is 15.1. The van der Waals surface area contributed by atoms with Crippen molar-refractivity contribution in [3.8, 4) is 6.07 Å². The lowest BCUT2D eigenvalue weighted by molar-refractivity contribution is 0.125. The Hall–Kier alpha value is -2.33. The van der Waals surface area contributed by atoms with E-state index in [4.69, 9.17) is 5.26 Å². The first kappa shape index (κ1) is 17.5. The van der Waals surface area contributed by atoms with Crippen LogP contribution in [0.5, 0.6) is 0 Å². The Balaban J connectivity index is 1.41. The number of aromatic nitrogens is 1. The van der Waals surface area contributed by atoms with Crippen molar-refractivity contribution in [3.05, 3.63) is 23.9 Å². The van der Waals surface area contributed by atoms with Gasteiger partial charge in [-0.1, -0.05) is 0 Å². The molecule has 3 rings (SSSR count). The highest BCUT2D eigenvalue weighted by Crippen LogP contribution is 2.20. The number of hydrogen-bond acceptors (Lipinski definition) is 5. The minimum absolute atomic E-state index is 0.00669. The molecule has 1 aromatic rings. The lowest BCUT2D eigenvalue weighted by Crippen LogP contribution is -2.52. The zero-order valence-corrected chi connectivity index (χ0v) is 14.6. The molecule has 2 aliphatic rings. The summed E-state index contributed by atoms with van der Waals surface area (Å²) in [6.45, 7) is 5.07. The third-order valence-electron chi connectivity index (χ3n) is 4.96. The number of urea groups is 1. The molecular formula is C18H26N6O. The zero-order valence-electron chi connectivity index (χ0n) is 14.6. The number of rotatable bonds is 5. The van der Waals surface area contributed by atoms with E-state index in [1.165, 1.54) is 32.4 Å². The van der Waals surface area contributed by atoms with Crippen LogP contribution >= 0.6 is 0 Å². The quantitative estimate of drug-likeness (QED) is 0.795. The highest BCUT2D eigenvalue weighted by molar-refractivity contribution is 5.74. The van der Waals surface area contributed by atoms with E-state index in [0.717, 1.165) is 19.5 Å². The van der Waals surface area contributed by atoms with Gasteiger partial charge in [-0.3, -0.25) is 4.90 Å². The highest BCUT2D eigenvalue weighted by atomic mass is 16.2. The van der Waals surface area contributed by atoms with Crippen molar-refractivity contribution in [2.45, 2.75) is 31.7 Å². The van der Waals surface area contributed by atoms with Gasteiger partial charge in [0.05, 0.1) is 5.56 Å². The summed E-state index contributed by atoms with van der Waals surface area (Å²) in [5.41, 5.74) is 0.512. The second kappa shape index (κ2) is 8.67. The van der Waals surface area contributed by atoms with Crippen LogP contribution in [0.4, 0.5) is 10.6 Å². The maximum atomic E-state index is 12.4. The topological polar surface area (TPSA) is 84.3 Å². The SMILES string of the molecule is N#Cc1cccnc1NCCNC(=O)N1CCC[C@H](N2CCCC2)C1. The van der Waals surface area contributed by atoms with Crippen LogP contribution in [-0.2, 0) is 0 Å². The molecule has 0 saturated carbocycles. The van der Waals surface area contributed by atoms with Gasteiger partial charge in [0.15, 0.2) is 0 Å². The molecule has 0 aromatic carbocycles. The first-order valence-corrected chi connectivity index (χ1v) is 9.14. The number of piperidine rings is 1. The van der Waals surface area contributed by atoms with Crippen molar-refractivity contribution in [2.75, 3.05) is 44.6 Å². The molecule has 2 amide bonds. The number of likely N-dealkylation sites (tertiary alicyclic amines) is 2. The fraction of sp³-hybridized carbons (Fsp3) is 0.611. The van der Waals surface area contributed by atoms with Gasteiger partial charge in [-0.2, -0.15) is 5.26 Å². The molecule has 2 fully saturated rings. The molecule has 1 atom stereocenters. The molecule has 2 aliphatic heterocycles. The molecule has 134 valence electrons. The zero-order chi connectivity index (χ0) is 17.5. The first-order chi connectivity index (χ1) is 12.3. The van der Waals surface area contributed by atoms with Crippen LogP contribution in [-0.4, -0.2) is 66.1 Å². The fourth-order valence-corrected chi connectivity index (χ4v) is 3.64. The Morgan fingerprint density at radius 3 is 2.92 bits per heavy atom. The second-order valence-corrected chi connectivity index (χ2v) is 6.66. The molecule has 0 spiro atoms. The summed E-state index contributed by atoms with van der Waals surface area (Å²) in [7, 11) is 0. The minimum Gasteiger partial charge on any atom is -0.367 e. The van der Waals surface area contributed by atoms with E-state index >= 15 is 0 Å². The molecule has 2 N–H and O–H groups in total. The summed E-state index contributed by atoms with van der Waals surface area (Å²) in [6, 6.07) is 6.09. The van der Waals surface area contributed by atoms with Crippen LogP contribution in [0.2, 0.25) is 0 Å². The van der Waals surface area contributed by atoms with Crippen molar-refractivity contribution in [1.29, 1.82) is 5.26 Å². The highest BCUT2D eigenvalue weighted by Gasteiger charge is 2.28. The van der Waals surface area contributed by atoms with E-state index in [1.807, 2.05) is 4.90 Å². The lowest BCUT2D eigenvalue weighted by atomic mass is 10.0. The minimum atomic E-state index is 0.00669. The van der Waals surface area contributed by atoms with Crippen LogP contribution in [0.25, 0.3) is 0 Å². The molecule has 0 aliphatic carbocycles. The van der Waals surface area contributed by atoms with Crippen LogP contribution in [0, 0.1) is 11.3 Å². The Bertz CT molecular complexity index is 622. The molecule has 0 bridgehead atoms. The van der Waals surface area contributed by atoms with Gasteiger partial charge >= 0.3 is 6.03 Å². The Kier molecular flexibility index (Phi) is 6.07. The molecule has 0 radical (unpaired) electrons. The van der Waals surface area contributed by atoms with Gasteiger partial charge in [-0.05, 0) is 50.9 Å². The fourth-order valence-electron chi connectivity index (χ4n) is 3.64. The van der Waals surface area contributed by atoms with Crippen molar-refractivity contribution >= 4 is 11.8 Å². The summed E-state index contributed by atoms with van der Waals surface area (Å²) >= 11 is 0. The molecule has 0 unspecified atom stereocenters. The molecule has 2 saturated heterocycles. The number of hydrogen-bond donors (Lipinski definition) is 2. The van der Waals surface area contributed by atoms with Crippen molar-refractivity contribution in [3.63, 3.8) is 0 Å². The largest absolute Gasteiger partial charge is 0.367 e. The van der Waals surface area contributed by atoms with Gasteiger partial charge in [-0.25, -0.2) is 9.78 Å². The summed E-state index contributed by atoms with van der Waals surface area (Å²) in [4.78, 5) is 21.0. The molecule has 1 aromatic heterocycles. The van der Waals surface area contributed by atoms with Crippen molar-refractivity contribution < 1.29 is 4.79 Å². The van der Waals surface area contributed by atoms with Gasteiger partial charge < -0.3 is 15.5 Å². The van der Waals surface area contributed by atoms with Gasteiger partial charge in [0.2, 0.25) is 0 Å². The van der Waals surface area contributed by atoms with Crippen LogP contribution < -0.4 is 10.6 Å². The average molecular weight is 342 g/mol. The number of anilines is 1. The smallest absolute Gasteiger partial charge is 0.317 e. The van der Waals surface area contributed by atoms with Crippen LogP contribution in [0.3, 0.4) is 0 Å². The van der Waals surface area contributed by atoms with E-state index in [2.05, 4.69) is 26.6 Å². The van der Waals surface area contributed by atoms with Gasteiger partial charge in [0, 0.05) is 38.4 Å². The average Bonchev–Trinajstić information content (AvgIpc) is 3.20. The summed E-state index contributed by atoms with van der Waals surface area (Å²) in [6.07, 6.45) is 6.49. The third-order valence-corrected chi connectivity index (χ3v) is 4.96. The normalized spacial score (nSPS) is 20.9. The van der Waals surface area contributed by atoms with Gasteiger partial charge in [0.25, 0.3) is 0 Å². The number of nitriles is 1. The monoisotopic (exact) mass is 342 g/mol. The number of carbonyl (C=O) groups is 1. The lowest BCUT2D eigenvalue weighted by Gasteiger charge is -2.37. The predicted molar refractivity (Wildman–Crippen MR) is 96.2 cm³/mol. The predicted octanol–water partition coefficient (Wildman–Crippen LogP) is 1.63. The summed E-state index contributed by atoms with van der Waals surface area (Å²) in [5.74, 6) is 0.561.